The number of esters is 1. The summed E-state index contributed by atoms with van der Waals surface area (Å²) in [5.74, 6) is -0.171. The van der Waals surface area contributed by atoms with Gasteiger partial charge in [-0.2, -0.15) is 13.2 Å². The van der Waals surface area contributed by atoms with E-state index in [-0.39, 0.29) is 37.1 Å². The van der Waals surface area contributed by atoms with Crippen molar-refractivity contribution >= 4 is 18.4 Å². The Morgan fingerprint density at radius 1 is 1.41 bits per heavy atom. The number of nitrogens with one attached hydrogen (secondary N) is 1. The lowest BCUT2D eigenvalue weighted by atomic mass is 9.91. The maximum absolute atomic E-state index is 12.3. The fourth-order valence-electron chi connectivity index (χ4n) is 1.87. The summed E-state index contributed by atoms with van der Waals surface area (Å²) in [5.41, 5.74) is 0. The van der Waals surface area contributed by atoms with Gasteiger partial charge < -0.3 is 10.1 Å². The molecule has 0 bridgehead atoms. The standard InChI is InChI=1S/C10H16F3NO2.ClH/c1-16-9(15)5-3-7-2-4-8(14-6-7)10(11,12)13;/h7-8,14H,2-6H2,1H3;1H. The van der Waals surface area contributed by atoms with Crippen molar-refractivity contribution in [3.8, 4) is 0 Å². The molecular formula is C10H17ClF3NO2. The number of carbonyl (C=O) groups is 1. The van der Waals surface area contributed by atoms with Gasteiger partial charge in [-0.3, -0.25) is 4.79 Å². The molecule has 17 heavy (non-hydrogen) atoms. The van der Waals surface area contributed by atoms with Crippen LogP contribution in [0.2, 0.25) is 0 Å². The van der Waals surface area contributed by atoms with Crippen molar-refractivity contribution in [2.75, 3.05) is 13.7 Å². The maximum Gasteiger partial charge on any atom is 0.403 e. The highest BCUT2D eigenvalue weighted by atomic mass is 35.5. The number of alkyl halides is 3. The molecule has 0 aliphatic carbocycles. The predicted octanol–water partition coefficient (Wildman–Crippen LogP) is 2.29. The Labute approximate surface area is 104 Å². The first-order valence-electron chi connectivity index (χ1n) is 5.30. The zero-order valence-corrected chi connectivity index (χ0v) is 10.4. The monoisotopic (exact) mass is 275 g/mol. The second-order valence-corrected chi connectivity index (χ2v) is 4.06. The van der Waals surface area contributed by atoms with Crippen molar-refractivity contribution in [2.45, 2.75) is 37.9 Å². The topological polar surface area (TPSA) is 38.3 Å². The average molecular weight is 276 g/mol. The molecule has 2 atom stereocenters. The lowest BCUT2D eigenvalue weighted by Crippen LogP contribution is -2.47. The van der Waals surface area contributed by atoms with E-state index in [1.54, 1.807) is 0 Å². The van der Waals surface area contributed by atoms with Gasteiger partial charge in [-0.05, 0) is 31.7 Å². The van der Waals surface area contributed by atoms with Crippen molar-refractivity contribution in [1.82, 2.24) is 5.32 Å². The Bertz CT molecular complexity index is 240. The van der Waals surface area contributed by atoms with Crippen LogP contribution >= 0.6 is 12.4 Å². The van der Waals surface area contributed by atoms with Gasteiger partial charge in [0.1, 0.15) is 6.04 Å². The highest BCUT2D eigenvalue weighted by Gasteiger charge is 2.41. The van der Waals surface area contributed by atoms with Crippen LogP contribution in [0.3, 0.4) is 0 Å². The number of ether oxygens (including phenoxy) is 1. The third kappa shape index (κ3) is 5.59. The molecule has 1 aliphatic rings. The van der Waals surface area contributed by atoms with Crippen molar-refractivity contribution in [3.05, 3.63) is 0 Å². The van der Waals surface area contributed by atoms with Crippen LogP contribution in [-0.4, -0.2) is 31.8 Å². The third-order valence-corrected chi connectivity index (χ3v) is 2.90. The molecule has 1 N–H and O–H groups in total. The molecule has 1 heterocycles. The van der Waals surface area contributed by atoms with Crippen LogP contribution in [0.25, 0.3) is 0 Å². The maximum atomic E-state index is 12.3. The predicted molar refractivity (Wildman–Crippen MR) is 59.1 cm³/mol. The molecule has 0 amide bonds. The van der Waals surface area contributed by atoms with E-state index in [1.165, 1.54) is 7.11 Å². The van der Waals surface area contributed by atoms with Gasteiger partial charge in [0.15, 0.2) is 0 Å². The molecule has 7 heteroatoms. The van der Waals surface area contributed by atoms with Gasteiger partial charge >= 0.3 is 12.1 Å². The summed E-state index contributed by atoms with van der Waals surface area (Å²) in [7, 11) is 1.31. The van der Waals surface area contributed by atoms with Gasteiger partial charge in [0.25, 0.3) is 0 Å². The molecule has 1 fully saturated rings. The molecule has 0 spiro atoms. The molecule has 3 nitrogen and oxygen atoms in total. The smallest absolute Gasteiger partial charge is 0.403 e. The summed E-state index contributed by atoms with van der Waals surface area (Å²) in [6.07, 6.45) is -2.69. The quantitative estimate of drug-likeness (QED) is 0.803. The number of piperidine rings is 1. The van der Waals surface area contributed by atoms with E-state index in [1.807, 2.05) is 0 Å². The first-order chi connectivity index (χ1) is 7.43. The Morgan fingerprint density at radius 3 is 2.47 bits per heavy atom. The number of methoxy groups -OCH3 is 1. The largest absolute Gasteiger partial charge is 0.469 e. The van der Waals surface area contributed by atoms with E-state index in [0.717, 1.165) is 0 Å². The van der Waals surface area contributed by atoms with Crippen LogP contribution in [-0.2, 0) is 9.53 Å². The molecule has 0 saturated carbocycles. The lowest BCUT2D eigenvalue weighted by Gasteiger charge is -2.30. The molecule has 102 valence electrons. The van der Waals surface area contributed by atoms with Gasteiger partial charge in [-0.25, -0.2) is 0 Å². The van der Waals surface area contributed by atoms with Crippen molar-refractivity contribution in [3.63, 3.8) is 0 Å². The molecule has 0 aromatic heterocycles. The van der Waals surface area contributed by atoms with Crippen molar-refractivity contribution in [1.29, 1.82) is 0 Å². The fraction of sp³-hybridized carbons (Fsp3) is 0.900. The van der Waals surface area contributed by atoms with E-state index in [4.69, 9.17) is 0 Å². The van der Waals surface area contributed by atoms with Crippen LogP contribution in [0.4, 0.5) is 13.2 Å². The molecule has 1 saturated heterocycles. The van der Waals surface area contributed by atoms with Crippen molar-refractivity contribution < 1.29 is 22.7 Å². The molecule has 0 aromatic rings. The fourth-order valence-corrected chi connectivity index (χ4v) is 1.87. The third-order valence-electron chi connectivity index (χ3n) is 2.90. The summed E-state index contributed by atoms with van der Waals surface area (Å²) in [5, 5.41) is 2.47. The van der Waals surface area contributed by atoms with Crippen LogP contribution < -0.4 is 5.32 Å². The number of rotatable bonds is 3. The Hall–Kier alpha value is -0.490. The van der Waals surface area contributed by atoms with Gasteiger partial charge in [-0.1, -0.05) is 0 Å². The van der Waals surface area contributed by atoms with Crippen LogP contribution in [0.5, 0.6) is 0 Å². The lowest BCUT2D eigenvalue weighted by molar-refractivity contribution is -0.162. The average Bonchev–Trinajstić information content (AvgIpc) is 2.25. The van der Waals surface area contributed by atoms with Gasteiger partial charge in [0.2, 0.25) is 0 Å². The summed E-state index contributed by atoms with van der Waals surface area (Å²) in [4.78, 5) is 10.9. The zero-order valence-electron chi connectivity index (χ0n) is 9.55. The molecule has 2 unspecified atom stereocenters. The Morgan fingerprint density at radius 2 is 2.06 bits per heavy atom. The number of halogens is 4. The van der Waals surface area contributed by atoms with E-state index >= 15 is 0 Å². The van der Waals surface area contributed by atoms with Crippen molar-refractivity contribution in [2.24, 2.45) is 5.92 Å². The minimum atomic E-state index is -4.16. The minimum absolute atomic E-state index is 0. The molecule has 1 aliphatic heterocycles. The van der Waals surface area contributed by atoms with Crippen LogP contribution in [0, 0.1) is 5.92 Å². The van der Waals surface area contributed by atoms with Crippen LogP contribution in [0.1, 0.15) is 25.7 Å². The molecule has 1 rings (SSSR count). The number of hydrogen-bond acceptors (Lipinski definition) is 3. The van der Waals surface area contributed by atoms with E-state index < -0.39 is 12.2 Å². The van der Waals surface area contributed by atoms with Gasteiger partial charge in [0.05, 0.1) is 7.11 Å². The Kier molecular flexibility index (Phi) is 6.85. The summed E-state index contributed by atoms with van der Waals surface area (Å²) >= 11 is 0. The second kappa shape index (κ2) is 7.06. The van der Waals surface area contributed by atoms with E-state index in [0.29, 0.717) is 19.4 Å². The first-order valence-corrected chi connectivity index (χ1v) is 5.30. The van der Waals surface area contributed by atoms with E-state index in [9.17, 15) is 18.0 Å². The minimum Gasteiger partial charge on any atom is -0.469 e. The summed E-state index contributed by atoms with van der Waals surface area (Å²) in [6, 6.07) is -1.39. The zero-order chi connectivity index (χ0) is 12.2. The highest BCUT2D eigenvalue weighted by molar-refractivity contribution is 5.85. The second-order valence-electron chi connectivity index (χ2n) is 4.06. The van der Waals surface area contributed by atoms with E-state index in [2.05, 4.69) is 10.1 Å². The normalized spacial score (nSPS) is 24.9. The summed E-state index contributed by atoms with van der Waals surface area (Å²) in [6.45, 7) is 0.321. The number of hydrogen-bond donors (Lipinski definition) is 1. The van der Waals surface area contributed by atoms with Gasteiger partial charge in [-0.15, -0.1) is 12.4 Å². The Balaban J connectivity index is 0.00000256. The highest BCUT2D eigenvalue weighted by Crippen LogP contribution is 2.29. The summed E-state index contributed by atoms with van der Waals surface area (Å²) < 4.78 is 41.4. The van der Waals surface area contributed by atoms with Crippen LogP contribution in [0.15, 0.2) is 0 Å². The molecule has 0 aromatic carbocycles. The molecular weight excluding hydrogens is 259 g/mol. The molecule has 0 radical (unpaired) electrons. The first kappa shape index (κ1) is 16.5. The SMILES string of the molecule is COC(=O)CCC1CCC(C(F)(F)F)NC1.Cl. The number of carbonyl (C=O) groups excluding carboxylic acids is 1. The van der Waals surface area contributed by atoms with Gasteiger partial charge in [0, 0.05) is 6.42 Å².